The number of hydrogen-bond acceptors (Lipinski definition) is 6. The molecule has 1 atom stereocenters. The summed E-state index contributed by atoms with van der Waals surface area (Å²) < 4.78 is 13.1. The molecule has 0 bridgehead atoms. The monoisotopic (exact) mass is 506 g/mol. The van der Waals surface area contributed by atoms with E-state index in [2.05, 4.69) is 26.7 Å². The van der Waals surface area contributed by atoms with Crippen LogP contribution in [0, 0.1) is 24.1 Å². The number of rotatable bonds is 7. The number of halogens is 3. The minimum absolute atomic E-state index is 0.295. The van der Waals surface area contributed by atoms with Gasteiger partial charge in [0.1, 0.15) is 17.8 Å². The van der Waals surface area contributed by atoms with Crippen LogP contribution in [0.3, 0.4) is 0 Å². The van der Waals surface area contributed by atoms with Crippen molar-refractivity contribution in [2.45, 2.75) is 19.4 Å². The third kappa shape index (κ3) is 5.62. The Balaban J connectivity index is 1.56. The molecule has 4 rings (SSSR count). The fraction of sp³-hybridized carbons (Fsp3) is 0.115. The van der Waals surface area contributed by atoms with Crippen LogP contribution in [-0.4, -0.2) is 9.97 Å². The zero-order chi connectivity index (χ0) is 24.9. The molecule has 1 heterocycles. The second-order valence-corrected chi connectivity index (χ2v) is 8.74. The first-order chi connectivity index (χ1) is 16.9. The molecule has 0 aliphatic heterocycles. The van der Waals surface area contributed by atoms with Crippen LogP contribution >= 0.6 is 23.2 Å². The number of nitrogens with one attached hydrogen (secondary N) is 2. The Morgan fingerprint density at radius 2 is 1.71 bits per heavy atom. The zero-order valence-corrected chi connectivity index (χ0v) is 20.2. The summed E-state index contributed by atoms with van der Waals surface area (Å²) in [6, 6.07) is 19.2. The lowest BCUT2D eigenvalue weighted by molar-refractivity contribution is 0.627. The van der Waals surface area contributed by atoms with Crippen molar-refractivity contribution < 1.29 is 4.39 Å². The smallest absolute Gasteiger partial charge is 0.159 e. The number of nitrogens with two attached hydrogens (primary N) is 1. The van der Waals surface area contributed by atoms with E-state index in [0.717, 1.165) is 16.7 Å². The fourth-order valence-electron chi connectivity index (χ4n) is 3.59. The molecule has 1 aromatic heterocycles. The zero-order valence-electron chi connectivity index (χ0n) is 18.7. The number of nitriles is 1. The largest absolute Gasteiger partial charge is 0.393 e. The molecule has 6 nitrogen and oxygen atoms in total. The van der Waals surface area contributed by atoms with Crippen molar-refractivity contribution in [2.24, 2.45) is 0 Å². The van der Waals surface area contributed by atoms with Gasteiger partial charge in [0.2, 0.25) is 0 Å². The van der Waals surface area contributed by atoms with Gasteiger partial charge in [-0.3, -0.25) is 0 Å². The number of benzene rings is 3. The van der Waals surface area contributed by atoms with Crippen LogP contribution in [0.25, 0.3) is 0 Å². The van der Waals surface area contributed by atoms with Gasteiger partial charge in [-0.15, -0.1) is 0 Å². The summed E-state index contributed by atoms with van der Waals surface area (Å²) in [6.07, 6.45) is 1.39. The Bertz CT molecular complexity index is 1390. The summed E-state index contributed by atoms with van der Waals surface area (Å²) in [5.74, 6) is 0.0116. The predicted octanol–water partition coefficient (Wildman–Crippen LogP) is 6.82. The lowest BCUT2D eigenvalue weighted by Gasteiger charge is -2.17. The van der Waals surface area contributed by atoms with Crippen molar-refractivity contribution >= 4 is 46.2 Å². The van der Waals surface area contributed by atoms with Gasteiger partial charge >= 0.3 is 0 Å². The van der Waals surface area contributed by atoms with Gasteiger partial charge in [0.15, 0.2) is 11.6 Å². The normalized spacial score (nSPS) is 11.5. The van der Waals surface area contributed by atoms with Crippen LogP contribution in [0.5, 0.6) is 0 Å². The van der Waals surface area contributed by atoms with Gasteiger partial charge in [-0.05, 0) is 59.5 Å². The van der Waals surface area contributed by atoms with E-state index in [1.807, 2.05) is 25.1 Å². The number of anilines is 4. The van der Waals surface area contributed by atoms with Gasteiger partial charge < -0.3 is 16.4 Å². The number of nitrogens with zero attached hydrogens (tertiary/aromatic N) is 3. The van der Waals surface area contributed by atoms with E-state index in [9.17, 15) is 9.65 Å². The molecular formula is C26H21Cl2FN6. The topological polar surface area (TPSA) is 99.6 Å². The maximum atomic E-state index is 13.1. The van der Waals surface area contributed by atoms with E-state index in [-0.39, 0.29) is 5.82 Å². The molecule has 9 heteroatoms. The third-order valence-electron chi connectivity index (χ3n) is 5.50. The summed E-state index contributed by atoms with van der Waals surface area (Å²) >= 11 is 12.6. The SMILES string of the molecule is Cc1cc(C(C#N)c2ccc(Cl)cc2)c(Cl)cc1Nc1ncnc(NCc2ccc(F)cc2)c1N. The van der Waals surface area contributed by atoms with E-state index >= 15 is 0 Å². The highest BCUT2D eigenvalue weighted by Gasteiger charge is 2.19. The molecule has 4 aromatic rings. The van der Waals surface area contributed by atoms with Crippen LogP contribution in [0.4, 0.5) is 27.4 Å². The van der Waals surface area contributed by atoms with E-state index in [1.165, 1.54) is 18.5 Å². The van der Waals surface area contributed by atoms with Crippen molar-refractivity contribution in [2.75, 3.05) is 16.4 Å². The molecule has 0 saturated heterocycles. The van der Waals surface area contributed by atoms with Crippen LogP contribution in [0.1, 0.15) is 28.2 Å². The molecule has 0 amide bonds. The van der Waals surface area contributed by atoms with Gasteiger partial charge in [-0.1, -0.05) is 53.5 Å². The average molecular weight is 507 g/mol. The first-order valence-corrected chi connectivity index (χ1v) is 11.4. The van der Waals surface area contributed by atoms with Gasteiger partial charge in [0.05, 0.1) is 12.0 Å². The number of hydrogen-bond donors (Lipinski definition) is 3. The summed E-state index contributed by atoms with van der Waals surface area (Å²) in [7, 11) is 0. The highest BCUT2D eigenvalue weighted by Crippen LogP contribution is 2.36. The molecule has 4 N–H and O–H groups in total. The van der Waals surface area contributed by atoms with Gasteiger partial charge in [-0.25, -0.2) is 14.4 Å². The Kier molecular flexibility index (Phi) is 7.35. The Labute approximate surface area is 212 Å². The van der Waals surface area contributed by atoms with Crippen molar-refractivity contribution in [1.29, 1.82) is 5.26 Å². The Morgan fingerprint density at radius 3 is 2.40 bits per heavy atom. The lowest BCUT2D eigenvalue weighted by Crippen LogP contribution is -2.09. The van der Waals surface area contributed by atoms with Crippen molar-refractivity contribution in [3.8, 4) is 6.07 Å². The van der Waals surface area contributed by atoms with Crippen molar-refractivity contribution in [3.63, 3.8) is 0 Å². The Hall–Kier alpha value is -3.86. The summed E-state index contributed by atoms with van der Waals surface area (Å²) in [4.78, 5) is 8.46. The van der Waals surface area contributed by atoms with Gasteiger partial charge in [0, 0.05) is 22.3 Å². The molecule has 0 aliphatic rings. The maximum Gasteiger partial charge on any atom is 0.159 e. The molecule has 35 heavy (non-hydrogen) atoms. The molecule has 0 spiro atoms. The van der Waals surface area contributed by atoms with Crippen molar-refractivity contribution in [3.05, 3.63) is 105 Å². The van der Waals surface area contributed by atoms with Crippen LogP contribution in [0.2, 0.25) is 10.0 Å². The summed E-state index contributed by atoms with van der Waals surface area (Å²) in [6.45, 7) is 2.32. The minimum Gasteiger partial charge on any atom is -0.393 e. The summed E-state index contributed by atoms with van der Waals surface area (Å²) in [5.41, 5.74) is 10.6. The predicted molar refractivity (Wildman–Crippen MR) is 139 cm³/mol. The Morgan fingerprint density at radius 1 is 1.03 bits per heavy atom. The van der Waals surface area contributed by atoms with Crippen LogP contribution in [0.15, 0.2) is 67.0 Å². The number of aryl methyl sites for hydroxylation is 1. The molecular weight excluding hydrogens is 486 g/mol. The standard InChI is InChI=1S/C26H21Cl2FN6/c1-15-10-20(21(12-30)17-4-6-18(27)7-5-17)22(28)11-23(15)35-26-24(31)25(33-14-34-26)32-13-16-2-8-19(29)9-3-16/h2-11,14,21H,13,31H2,1H3,(H2,32,33,34,35). The van der Waals surface area contributed by atoms with E-state index in [0.29, 0.717) is 45.2 Å². The number of aromatic nitrogens is 2. The molecule has 0 aliphatic carbocycles. The fourth-order valence-corrected chi connectivity index (χ4v) is 3.99. The second-order valence-electron chi connectivity index (χ2n) is 7.89. The van der Waals surface area contributed by atoms with Gasteiger partial charge in [-0.2, -0.15) is 5.26 Å². The van der Waals surface area contributed by atoms with Gasteiger partial charge in [0.25, 0.3) is 0 Å². The molecule has 176 valence electrons. The lowest BCUT2D eigenvalue weighted by atomic mass is 9.91. The molecule has 0 saturated carbocycles. The van der Waals surface area contributed by atoms with E-state index < -0.39 is 5.92 Å². The first kappa shape index (κ1) is 24.3. The second kappa shape index (κ2) is 10.6. The molecule has 0 radical (unpaired) electrons. The average Bonchev–Trinajstić information content (AvgIpc) is 2.85. The van der Waals surface area contributed by atoms with Crippen LogP contribution in [-0.2, 0) is 6.54 Å². The van der Waals surface area contributed by atoms with Crippen LogP contribution < -0.4 is 16.4 Å². The number of nitrogen functional groups attached to an aromatic ring is 1. The maximum absolute atomic E-state index is 13.1. The molecule has 1 unspecified atom stereocenters. The summed E-state index contributed by atoms with van der Waals surface area (Å²) in [5, 5.41) is 17.2. The molecule has 3 aromatic carbocycles. The highest BCUT2D eigenvalue weighted by atomic mass is 35.5. The first-order valence-electron chi connectivity index (χ1n) is 10.7. The van der Waals surface area contributed by atoms with Crippen molar-refractivity contribution in [1.82, 2.24) is 9.97 Å². The molecule has 0 fully saturated rings. The third-order valence-corrected chi connectivity index (χ3v) is 6.08. The van der Waals surface area contributed by atoms with E-state index in [4.69, 9.17) is 28.9 Å². The minimum atomic E-state index is -0.543. The van der Waals surface area contributed by atoms with E-state index in [1.54, 1.807) is 30.3 Å². The quantitative estimate of drug-likeness (QED) is 0.254. The highest BCUT2D eigenvalue weighted by molar-refractivity contribution is 6.32.